The van der Waals surface area contributed by atoms with Crippen LogP contribution in [0, 0.1) is 5.92 Å². The fraction of sp³-hybridized carbons (Fsp3) is 0.383. The predicted octanol–water partition coefficient (Wildman–Crippen LogP) is 7.40. The Bertz CT molecular complexity index is 2140. The smallest absolute Gasteiger partial charge is 0.262 e. The summed E-state index contributed by atoms with van der Waals surface area (Å²) in [6.45, 7) is 8.75. The van der Waals surface area contributed by atoms with Gasteiger partial charge in [0.2, 0.25) is 5.91 Å². The van der Waals surface area contributed by atoms with Crippen molar-refractivity contribution < 1.29 is 24.2 Å². The second-order valence-corrected chi connectivity index (χ2v) is 16.4. The normalized spacial score (nSPS) is 23.5. The van der Waals surface area contributed by atoms with Crippen molar-refractivity contribution >= 4 is 23.4 Å². The van der Waals surface area contributed by atoms with Crippen LogP contribution < -0.4 is 15.0 Å². The second-order valence-electron chi connectivity index (χ2n) is 16.4. The molecule has 0 spiro atoms. The summed E-state index contributed by atoms with van der Waals surface area (Å²) in [4.78, 5) is 45.3. The van der Waals surface area contributed by atoms with Crippen LogP contribution in [0.4, 0.5) is 5.69 Å². The first-order valence-electron chi connectivity index (χ1n) is 20.4. The van der Waals surface area contributed by atoms with Crippen LogP contribution in [0.5, 0.6) is 11.5 Å². The Hall–Kier alpha value is -5.41. The van der Waals surface area contributed by atoms with Gasteiger partial charge in [-0.1, -0.05) is 55.1 Å². The van der Waals surface area contributed by atoms with E-state index in [-0.39, 0.29) is 23.8 Å². The highest BCUT2D eigenvalue weighted by Gasteiger charge is 2.44. The van der Waals surface area contributed by atoms with Crippen LogP contribution in [0.15, 0.2) is 103 Å². The van der Waals surface area contributed by atoms with Crippen LogP contribution in [0.2, 0.25) is 0 Å². The lowest BCUT2D eigenvalue weighted by Gasteiger charge is -2.38. The van der Waals surface area contributed by atoms with Crippen molar-refractivity contribution in [1.82, 2.24) is 15.1 Å². The molecule has 3 atom stereocenters. The van der Waals surface area contributed by atoms with E-state index in [1.807, 2.05) is 24.3 Å². The van der Waals surface area contributed by atoms with E-state index in [1.54, 1.807) is 6.07 Å². The van der Waals surface area contributed by atoms with Gasteiger partial charge in [0.25, 0.3) is 11.8 Å². The van der Waals surface area contributed by atoms with Crippen LogP contribution in [0.3, 0.4) is 0 Å². The molecule has 0 radical (unpaired) electrons. The quantitative estimate of drug-likeness (QED) is 0.181. The Morgan fingerprint density at radius 2 is 1.48 bits per heavy atom. The maximum atomic E-state index is 13.4. The highest BCUT2D eigenvalue weighted by Crippen LogP contribution is 2.47. The molecule has 0 aromatic heterocycles. The standard InChI is InChI=1S/C47H50N4O5/c1-30-7-18-43(45(53)48-30)51-46(54)41-16-11-35(28-42(41)47(51)55)50-25-19-31(20-26-50)29-49-23-21-38(22-24-49)56-37-13-8-33(9-14-37)44-39(32-5-3-2-4-6-32)15-10-34-27-36(52)12-17-40(34)44/h2-6,8-9,11-14,16-17,27-28,31,38-39,43-44,52H,1,7,10,15,18-26,29H2,(H,48,53)/t39-,43?,44+/m0/s1. The molecule has 0 saturated carbocycles. The van der Waals surface area contributed by atoms with E-state index in [0.29, 0.717) is 47.3 Å². The van der Waals surface area contributed by atoms with Crippen LogP contribution in [-0.2, 0) is 11.2 Å². The minimum Gasteiger partial charge on any atom is -0.508 e. The molecule has 3 fully saturated rings. The molecule has 3 amide bonds. The molecule has 9 heteroatoms. The third kappa shape index (κ3) is 7.09. The SMILES string of the molecule is C=C1CCC(N2C(=O)c3ccc(N4CCC(CN5CCC(Oc6ccc([C@H]7c8ccc(O)cc8CC[C@H]7c7ccccc7)cc6)CC5)CC4)cc3C2=O)C(=O)N1. The number of nitrogens with one attached hydrogen (secondary N) is 1. The number of carbonyl (C=O) groups is 3. The molecule has 4 aliphatic heterocycles. The first-order valence-corrected chi connectivity index (χ1v) is 20.4. The summed E-state index contributed by atoms with van der Waals surface area (Å²) in [5, 5.41) is 12.9. The van der Waals surface area contributed by atoms with Gasteiger partial charge in [0, 0.05) is 50.0 Å². The number of ether oxygens (including phenoxy) is 1. The number of allylic oxidation sites excluding steroid dienone is 1. The number of phenols is 1. The number of carbonyl (C=O) groups excluding carboxylic acids is 3. The molecule has 4 aromatic rings. The molecule has 1 aliphatic carbocycles. The summed E-state index contributed by atoms with van der Waals surface area (Å²) >= 11 is 0. The van der Waals surface area contributed by atoms with Crippen molar-refractivity contribution in [2.45, 2.75) is 75.3 Å². The van der Waals surface area contributed by atoms with Gasteiger partial charge in [0.1, 0.15) is 23.6 Å². The minimum atomic E-state index is -0.799. The largest absolute Gasteiger partial charge is 0.508 e. The number of aryl methyl sites for hydroxylation is 1. The number of imide groups is 1. The van der Waals surface area contributed by atoms with Crippen molar-refractivity contribution in [3.8, 4) is 11.5 Å². The van der Waals surface area contributed by atoms with Gasteiger partial charge in [0.05, 0.1) is 11.1 Å². The fourth-order valence-corrected chi connectivity index (χ4v) is 9.91. The topological polar surface area (TPSA) is 102 Å². The number of phenolic OH excluding ortho intramolecular Hbond substituents is 1. The Morgan fingerprint density at radius 3 is 2.23 bits per heavy atom. The Labute approximate surface area is 328 Å². The Kier molecular flexibility index (Phi) is 9.88. The number of aromatic hydroxyl groups is 1. The Morgan fingerprint density at radius 1 is 0.732 bits per heavy atom. The maximum Gasteiger partial charge on any atom is 0.262 e. The molecular weight excluding hydrogens is 701 g/mol. The molecule has 3 saturated heterocycles. The monoisotopic (exact) mass is 750 g/mol. The van der Waals surface area contributed by atoms with Gasteiger partial charge in [-0.25, -0.2) is 0 Å². The summed E-state index contributed by atoms with van der Waals surface area (Å²) in [5.41, 5.74) is 7.52. The van der Waals surface area contributed by atoms with Gasteiger partial charge in [-0.2, -0.15) is 0 Å². The lowest BCUT2D eigenvalue weighted by Crippen LogP contribution is -2.51. The zero-order valence-electron chi connectivity index (χ0n) is 31.9. The first-order chi connectivity index (χ1) is 27.3. The molecule has 9 nitrogen and oxygen atoms in total. The molecule has 5 aliphatic rings. The summed E-state index contributed by atoms with van der Waals surface area (Å²) in [6, 6.07) is 30.2. The molecular formula is C47H50N4O5. The van der Waals surface area contributed by atoms with Crippen LogP contribution in [0.1, 0.15) is 99.8 Å². The average Bonchev–Trinajstić information content (AvgIpc) is 3.47. The summed E-state index contributed by atoms with van der Waals surface area (Å²) < 4.78 is 6.55. The third-order valence-electron chi connectivity index (χ3n) is 12.9. The third-order valence-corrected chi connectivity index (χ3v) is 12.9. The van der Waals surface area contributed by atoms with Gasteiger partial charge in [-0.15, -0.1) is 0 Å². The van der Waals surface area contributed by atoms with Crippen molar-refractivity contribution in [3.05, 3.63) is 137 Å². The average molecular weight is 751 g/mol. The number of nitrogens with zero attached hydrogens (tertiary/aromatic N) is 3. The molecule has 0 bridgehead atoms. The van der Waals surface area contributed by atoms with E-state index >= 15 is 0 Å². The van der Waals surface area contributed by atoms with Crippen LogP contribution >= 0.6 is 0 Å². The van der Waals surface area contributed by atoms with E-state index in [1.165, 1.54) is 22.3 Å². The molecule has 4 aromatic carbocycles. The zero-order valence-corrected chi connectivity index (χ0v) is 31.9. The highest BCUT2D eigenvalue weighted by molar-refractivity contribution is 6.23. The molecule has 288 valence electrons. The molecule has 2 N–H and O–H groups in total. The number of amides is 3. The number of rotatable bonds is 8. The van der Waals surface area contributed by atoms with Gasteiger partial charge in [-0.3, -0.25) is 19.3 Å². The van der Waals surface area contributed by atoms with Gasteiger partial charge >= 0.3 is 0 Å². The van der Waals surface area contributed by atoms with Crippen molar-refractivity contribution in [2.24, 2.45) is 5.92 Å². The van der Waals surface area contributed by atoms with E-state index in [9.17, 15) is 19.5 Å². The fourth-order valence-electron chi connectivity index (χ4n) is 9.91. The number of hydrogen-bond donors (Lipinski definition) is 2. The zero-order chi connectivity index (χ0) is 38.3. The molecule has 4 heterocycles. The van der Waals surface area contributed by atoms with Crippen molar-refractivity contribution in [2.75, 3.05) is 37.6 Å². The van der Waals surface area contributed by atoms with Crippen LogP contribution in [-0.4, -0.2) is 77.5 Å². The van der Waals surface area contributed by atoms with Crippen LogP contribution in [0.25, 0.3) is 0 Å². The number of likely N-dealkylation sites (tertiary alicyclic amines) is 1. The number of fused-ring (bicyclic) bond motifs is 2. The van der Waals surface area contributed by atoms with Gasteiger partial charge < -0.3 is 25.0 Å². The number of benzene rings is 4. The number of hydrogen-bond acceptors (Lipinski definition) is 7. The lowest BCUT2D eigenvalue weighted by molar-refractivity contribution is -0.125. The summed E-state index contributed by atoms with van der Waals surface area (Å²) in [5.74, 6) is 1.34. The van der Waals surface area contributed by atoms with E-state index < -0.39 is 11.9 Å². The Balaban J connectivity index is 0.764. The maximum absolute atomic E-state index is 13.4. The van der Waals surface area contributed by atoms with E-state index in [4.69, 9.17) is 4.74 Å². The summed E-state index contributed by atoms with van der Waals surface area (Å²) in [6.07, 6.45) is 7.31. The van der Waals surface area contributed by atoms with Crippen molar-refractivity contribution in [3.63, 3.8) is 0 Å². The predicted molar refractivity (Wildman–Crippen MR) is 216 cm³/mol. The molecule has 1 unspecified atom stereocenters. The van der Waals surface area contributed by atoms with E-state index in [2.05, 4.69) is 82.4 Å². The minimum absolute atomic E-state index is 0.201. The molecule has 9 rings (SSSR count). The number of anilines is 1. The van der Waals surface area contributed by atoms with E-state index in [0.717, 1.165) is 87.6 Å². The van der Waals surface area contributed by atoms with Gasteiger partial charge in [0.15, 0.2) is 0 Å². The van der Waals surface area contributed by atoms with Gasteiger partial charge in [-0.05, 0) is 128 Å². The highest BCUT2D eigenvalue weighted by atomic mass is 16.5. The number of piperidine rings is 3. The summed E-state index contributed by atoms with van der Waals surface area (Å²) in [7, 11) is 0. The van der Waals surface area contributed by atoms with Crippen molar-refractivity contribution in [1.29, 1.82) is 0 Å². The lowest BCUT2D eigenvalue weighted by atomic mass is 9.69. The first kappa shape index (κ1) is 36.2. The molecule has 56 heavy (non-hydrogen) atoms. The second kappa shape index (κ2) is 15.3.